The van der Waals surface area contributed by atoms with Crippen molar-refractivity contribution in [2.24, 2.45) is 0 Å². The van der Waals surface area contributed by atoms with Crippen molar-refractivity contribution in [2.75, 3.05) is 11.2 Å². The van der Waals surface area contributed by atoms with Gasteiger partial charge in [0.2, 0.25) is 0 Å². The Morgan fingerprint density at radius 2 is 1.86 bits per heavy atom. The Morgan fingerprint density at radius 3 is 2.52 bits per heavy atom. The van der Waals surface area contributed by atoms with Gasteiger partial charge in [-0.05, 0) is 54.7 Å². The monoisotopic (exact) mass is 301 g/mol. The number of anilines is 1. The van der Waals surface area contributed by atoms with Gasteiger partial charge in [0, 0.05) is 17.1 Å². The molecule has 0 bridgehead atoms. The van der Waals surface area contributed by atoms with E-state index in [1.54, 1.807) is 0 Å². The highest BCUT2D eigenvalue weighted by molar-refractivity contribution is 6.17. The summed E-state index contributed by atoms with van der Waals surface area (Å²) in [5.41, 5.74) is 3.93. The summed E-state index contributed by atoms with van der Waals surface area (Å²) >= 11 is 5.71. The lowest BCUT2D eigenvalue weighted by Gasteiger charge is -2.08. The summed E-state index contributed by atoms with van der Waals surface area (Å²) in [7, 11) is 0. The first-order chi connectivity index (χ1) is 10.2. The molecule has 0 aromatic heterocycles. The maximum absolute atomic E-state index is 12.2. The molecule has 2 rings (SSSR count). The Morgan fingerprint density at radius 1 is 1.10 bits per heavy atom. The fourth-order valence-corrected chi connectivity index (χ4v) is 2.30. The second-order valence-corrected chi connectivity index (χ2v) is 5.38. The Labute approximate surface area is 131 Å². The van der Waals surface area contributed by atoms with Crippen molar-refractivity contribution in [1.82, 2.24) is 0 Å². The van der Waals surface area contributed by atoms with Crippen LogP contribution in [0.1, 0.15) is 34.8 Å². The molecule has 0 saturated heterocycles. The van der Waals surface area contributed by atoms with E-state index in [1.807, 2.05) is 42.5 Å². The van der Waals surface area contributed by atoms with Crippen LogP contribution < -0.4 is 5.32 Å². The van der Waals surface area contributed by atoms with Crippen molar-refractivity contribution >= 4 is 23.2 Å². The molecule has 2 aromatic carbocycles. The third-order valence-electron chi connectivity index (χ3n) is 3.41. The van der Waals surface area contributed by atoms with Crippen molar-refractivity contribution in [3.63, 3.8) is 0 Å². The van der Waals surface area contributed by atoms with Crippen LogP contribution in [0.25, 0.3) is 0 Å². The minimum atomic E-state index is -0.0767. The van der Waals surface area contributed by atoms with Gasteiger partial charge in [-0.15, -0.1) is 11.6 Å². The first-order valence-electron chi connectivity index (χ1n) is 7.28. The number of aryl methyl sites for hydroxylation is 2. The topological polar surface area (TPSA) is 29.1 Å². The van der Waals surface area contributed by atoms with Crippen LogP contribution in [0.3, 0.4) is 0 Å². The van der Waals surface area contributed by atoms with Gasteiger partial charge < -0.3 is 5.32 Å². The van der Waals surface area contributed by atoms with Gasteiger partial charge in [-0.25, -0.2) is 0 Å². The molecule has 1 N–H and O–H groups in total. The van der Waals surface area contributed by atoms with Gasteiger partial charge in [0.25, 0.3) is 5.91 Å². The molecule has 0 aliphatic heterocycles. The number of nitrogens with one attached hydrogen (secondary N) is 1. The Bertz CT molecular complexity index is 592. The maximum Gasteiger partial charge on any atom is 0.255 e. The highest BCUT2D eigenvalue weighted by Gasteiger charge is 2.06. The number of hydrogen-bond acceptors (Lipinski definition) is 1. The van der Waals surface area contributed by atoms with E-state index >= 15 is 0 Å². The molecule has 0 aliphatic rings. The van der Waals surface area contributed by atoms with E-state index in [0.717, 1.165) is 24.9 Å². The molecular weight excluding hydrogens is 282 g/mol. The van der Waals surface area contributed by atoms with Gasteiger partial charge in [-0.2, -0.15) is 0 Å². The van der Waals surface area contributed by atoms with Crippen LogP contribution in [-0.2, 0) is 12.8 Å². The molecule has 0 heterocycles. The summed E-state index contributed by atoms with van der Waals surface area (Å²) < 4.78 is 0. The van der Waals surface area contributed by atoms with Crippen LogP contribution in [0, 0.1) is 0 Å². The zero-order valence-electron chi connectivity index (χ0n) is 12.2. The molecule has 3 heteroatoms. The second-order valence-electron chi connectivity index (χ2n) is 5.00. The minimum absolute atomic E-state index is 0.0767. The minimum Gasteiger partial charge on any atom is -0.322 e. The first kappa shape index (κ1) is 15.6. The largest absolute Gasteiger partial charge is 0.322 e. The SMILES string of the molecule is CCc1ccc(C(=O)Nc2cccc(CCCCl)c2)cc1. The molecule has 2 nitrogen and oxygen atoms in total. The summed E-state index contributed by atoms with van der Waals surface area (Å²) in [6, 6.07) is 15.6. The molecule has 0 spiro atoms. The number of carbonyl (C=O) groups is 1. The summed E-state index contributed by atoms with van der Waals surface area (Å²) in [5, 5.41) is 2.94. The molecule has 2 aromatic rings. The molecule has 110 valence electrons. The maximum atomic E-state index is 12.2. The lowest BCUT2D eigenvalue weighted by molar-refractivity contribution is 0.102. The molecular formula is C18H20ClNO. The summed E-state index contributed by atoms with van der Waals surface area (Å²) in [6.07, 6.45) is 2.85. The molecule has 0 unspecified atom stereocenters. The molecule has 0 saturated carbocycles. The number of hydrogen-bond donors (Lipinski definition) is 1. The number of halogens is 1. The third kappa shape index (κ3) is 4.61. The second kappa shape index (κ2) is 7.84. The smallest absolute Gasteiger partial charge is 0.255 e. The number of rotatable bonds is 6. The van der Waals surface area contributed by atoms with E-state index in [4.69, 9.17) is 11.6 Å². The zero-order chi connectivity index (χ0) is 15.1. The number of benzene rings is 2. The normalized spacial score (nSPS) is 10.4. The van der Waals surface area contributed by atoms with Crippen LogP contribution in [0.5, 0.6) is 0 Å². The Hall–Kier alpha value is -1.80. The average molecular weight is 302 g/mol. The van der Waals surface area contributed by atoms with E-state index in [-0.39, 0.29) is 5.91 Å². The van der Waals surface area contributed by atoms with Crippen molar-refractivity contribution in [3.05, 3.63) is 65.2 Å². The quantitative estimate of drug-likeness (QED) is 0.772. The highest BCUT2D eigenvalue weighted by Crippen LogP contribution is 2.14. The molecule has 0 fully saturated rings. The van der Waals surface area contributed by atoms with Crippen molar-refractivity contribution < 1.29 is 4.79 Å². The fourth-order valence-electron chi connectivity index (χ4n) is 2.17. The summed E-state index contributed by atoms with van der Waals surface area (Å²) in [4.78, 5) is 12.2. The summed E-state index contributed by atoms with van der Waals surface area (Å²) in [5.74, 6) is 0.576. The Kier molecular flexibility index (Phi) is 5.82. The van der Waals surface area contributed by atoms with Crippen molar-refractivity contribution in [3.8, 4) is 0 Å². The number of amides is 1. The molecule has 0 atom stereocenters. The van der Waals surface area contributed by atoms with Gasteiger partial charge in [0.15, 0.2) is 0 Å². The van der Waals surface area contributed by atoms with Crippen LogP contribution in [0.2, 0.25) is 0 Å². The van der Waals surface area contributed by atoms with Gasteiger partial charge in [-0.3, -0.25) is 4.79 Å². The predicted octanol–water partition coefficient (Wildman–Crippen LogP) is 4.67. The standard InChI is InChI=1S/C18H20ClNO/c1-2-14-8-10-16(11-9-14)18(21)20-17-7-3-5-15(13-17)6-4-12-19/h3,5,7-11,13H,2,4,6,12H2,1H3,(H,20,21). The van der Waals surface area contributed by atoms with Crippen LogP contribution in [0.4, 0.5) is 5.69 Å². The van der Waals surface area contributed by atoms with E-state index in [1.165, 1.54) is 11.1 Å². The van der Waals surface area contributed by atoms with E-state index in [9.17, 15) is 4.79 Å². The molecule has 21 heavy (non-hydrogen) atoms. The summed E-state index contributed by atoms with van der Waals surface area (Å²) in [6.45, 7) is 2.10. The van der Waals surface area contributed by atoms with Crippen LogP contribution in [0.15, 0.2) is 48.5 Å². The lowest BCUT2D eigenvalue weighted by Crippen LogP contribution is -2.12. The van der Waals surface area contributed by atoms with Crippen LogP contribution in [-0.4, -0.2) is 11.8 Å². The van der Waals surface area contributed by atoms with Gasteiger partial charge in [-0.1, -0.05) is 31.2 Å². The van der Waals surface area contributed by atoms with E-state index < -0.39 is 0 Å². The third-order valence-corrected chi connectivity index (χ3v) is 3.68. The Balaban J connectivity index is 2.04. The van der Waals surface area contributed by atoms with E-state index in [2.05, 4.69) is 18.3 Å². The highest BCUT2D eigenvalue weighted by atomic mass is 35.5. The zero-order valence-corrected chi connectivity index (χ0v) is 13.0. The number of alkyl halides is 1. The molecule has 1 amide bonds. The fraction of sp³-hybridized carbons (Fsp3) is 0.278. The lowest BCUT2D eigenvalue weighted by atomic mass is 10.1. The molecule has 0 aliphatic carbocycles. The van der Waals surface area contributed by atoms with Gasteiger partial charge >= 0.3 is 0 Å². The predicted molar refractivity (Wildman–Crippen MR) is 89.3 cm³/mol. The van der Waals surface area contributed by atoms with Crippen molar-refractivity contribution in [1.29, 1.82) is 0 Å². The van der Waals surface area contributed by atoms with Crippen LogP contribution >= 0.6 is 11.6 Å². The van der Waals surface area contributed by atoms with E-state index in [0.29, 0.717) is 11.4 Å². The van der Waals surface area contributed by atoms with Gasteiger partial charge in [0.1, 0.15) is 0 Å². The first-order valence-corrected chi connectivity index (χ1v) is 7.81. The van der Waals surface area contributed by atoms with Gasteiger partial charge in [0.05, 0.1) is 0 Å². The number of carbonyl (C=O) groups excluding carboxylic acids is 1. The van der Waals surface area contributed by atoms with Crippen molar-refractivity contribution in [2.45, 2.75) is 26.2 Å². The molecule has 0 radical (unpaired) electrons. The average Bonchev–Trinajstić information content (AvgIpc) is 2.53.